The van der Waals surface area contributed by atoms with Crippen LogP contribution in [0.5, 0.6) is 11.5 Å². The summed E-state index contributed by atoms with van der Waals surface area (Å²) in [5.41, 5.74) is 4.79. The molecule has 0 heterocycles. The lowest BCUT2D eigenvalue weighted by Crippen LogP contribution is -2.44. The van der Waals surface area contributed by atoms with Gasteiger partial charge in [-0.3, -0.25) is 20.4 Å². The van der Waals surface area contributed by atoms with E-state index in [-0.39, 0.29) is 12.2 Å². The van der Waals surface area contributed by atoms with Gasteiger partial charge in [-0.05, 0) is 48.4 Å². The second-order valence-electron chi connectivity index (χ2n) is 6.79. The van der Waals surface area contributed by atoms with Crippen LogP contribution in [-0.2, 0) is 11.0 Å². The van der Waals surface area contributed by atoms with E-state index in [2.05, 4.69) is 10.9 Å². The fourth-order valence-corrected chi connectivity index (χ4v) is 2.99. The zero-order valence-electron chi connectivity index (χ0n) is 17.6. The topological polar surface area (TPSA) is 76.7 Å². The van der Waals surface area contributed by atoms with E-state index >= 15 is 0 Å². The first-order valence-electron chi connectivity index (χ1n) is 10.00. The van der Waals surface area contributed by atoms with Crippen LogP contribution in [0.2, 0.25) is 0 Å². The Morgan fingerprint density at radius 3 is 2.06 bits per heavy atom. The van der Waals surface area contributed by atoms with Gasteiger partial charge in [-0.25, -0.2) is 0 Å². The third-order valence-electron chi connectivity index (χ3n) is 4.52. The van der Waals surface area contributed by atoms with E-state index < -0.39 is 23.6 Å². The molecule has 33 heavy (non-hydrogen) atoms. The quantitative estimate of drug-likeness (QED) is 0.507. The van der Waals surface area contributed by atoms with Gasteiger partial charge in [0.2, 0.25) is 0 Å². The fourth-order valence-electron chi connectivity index (χ4n) is 2.99. The molecule has 0 atom stereocenters. The maximum Gasteiger partial charge on any atom is 0.416 e. The number of para-hydroxylation sites is 2. The molecule has 2 amide bonds. The highest BCUT2D eigenvalue weighted by molar-refractivity contribution is 6.01. The molecule has 0 saturated carbocycles. The van der Waals surface area contributed by atoms with Crippen LogP contribution >= 0.6 is 0 Å². The average Bonchev–Trinajstić information content (AvgIpc) is 2.81. The predicted molar refractivity (Wildman–Crippen MR) is 116 cm³/mol. The third kappa shape index (κ3) is 6.25. The van der Waals surface area contributed by atoms with Crippen molar-refractivity contribution in [2.75, 3.05) is 13.2 Å². The van der Waals surface area contributed by atoms with Gasteiger partial charge in [-0.15, -0.1) is 0 Å². The van der Waals surface area contributed by atoms with Gasteiger partial charge >= 0.3 is 6.18 Å². The van der Waals surface area contributed by atoms with Gasteiger partial charge in [0.1, 0.15) is 0 Å². The number of benzene rings is 3. The summed E-state index contributed by atoms with van der Waals surface area (Å²) in [6.07, 6.45) is -4.45. The number of alkyl halides is 3. The van der Waals surface area contributed by atoms with Crippen LogP contribution in [0, 0.1) is 0 Å². The number of rotatable bonds is 7. The van der Waals surface area contributed by atoms with Crippen LogP contribution in [0.3, 0.4) is 0 Å². The lowest BCUT2D eigenvalue weighted by molar-refractivity contribution is -0.137. The number of carbonyl (C=O) groups is 2. The lowest BCUT2D eigenvalue weighted by atomic mass is 9.98. The molecule has 0 fully saturated rings. The van der Waals surface area contributed by atoms with Gasteiger partial charge in [0, 0.05) is 5.56 Å². The smallest absolute Gasteiger partial charge is 0.416 e. The Morgan fingerprint density at radius 1 is 0.818 bits per heavy atom. The van der Waals surface area contributed by atoms with E-state index in [1.807, 2.05) is 6.92 Å². The Bertz CT molecular complexity index is 1120. The predicted octanol–water partition coefficient (Wildman–Crippen LogP) is 4.61. The molecule has 0 unspecified atom stereocenters. The van der Waals surface area contributed by atoms with Crippen molar-refractivity contribution in [2.45, 2.75) is 13.1 Å². The second kappa shape index (κ2) is 10.5. The number of ether oxygens (including phenoxy) is 2. The number of halogens is 3. The Kier molecular flexibility index (Phi) is 7.55. The van der Waals surface area contributed by atoms with Gasteiger partial charge in [-0.2, -0.15) is 13.2 Å². The molecule has 0 bridgehead atoms. The summed E-state index contributed by atoms with van der Waals surface area (Å²) in [6, 6.07) is 17.7. The summed E-state index contributed by atoms with van der Waals surface area (Å²) >= 11 is 0. The molecule has 0 aliphatic heterocycles. The largest absolute Gasteiger partial charge is 0.490 e. The molecule has 3 aromatic carbocycles. The molecule has 0 aliphatic rings. The Morgan fingerprint density at radius 2 is 1.42 bits per heavy atom. The van der Waals surface area contributed by atoms with E-state index in [9.17, 15) is 22.8 Å². The molecule has 3 rings (SSSR count). The summed E-state index contributed by atoms with van der Waals surface area (Å²) in [4.78, 5) is 24.7. The molecule has 6 nitrogen and oxygen atoms in total. The number of hydrazine groups is 1. The Balaban J connectivity index is 1.63. The van der Waals surface area contributed by atoms with Crippen molar-refractivity contribution in [3.63, 3.8) is 0 Å². The van der Waals surface area contributed by atoms with Gasteiger partial charge in [-0.1, -0.05) is 42.5 Å². The molecule has 172 valence electrons. The van der Waals surface area contributed by atoms with E-state index in [0.29, 0.717) is 29.2 Å². The number of amides is 2. The summed E-state index contributed by atoms with van der Waals surface area (Å²) < 4.78 is 49.3. The van der Waals surface area contributed by atoms with Crippen molar-refractivity contribution >= 4 is 11.8 Å². The summed E-state index contributed by atoms with van der Waals surface area (Å²) in [7, 11) is 0. The first-order valence-corrected chi connectivity index (χ1v) is 10.00. The van der Waals surface area contributed by atoms with Crippen LogP contribution in [-0.4, -0.2) is 25.0 Å². The third-order valence-corrected chi connectivity index (χ3v) is 4.52. The van der Waals surface area contributed by atoms with E-state index in [0.717, 1.165) is 12.1 Å². The van der Waals surface area contributed by atoms with Crippen molar-refractivity contribution in [1.82, 2.24) is 10.9 Å². The SMILES string of the molecule is CCOc1ccccc1OCC(=O)NNC(=O)c1ccccc1-c1ccc(C(F)(F)F)cc1. The highest BCUT2D eigenvalue weighted by Gasteiger charge is 2.30. The first-order chi connectivity index (χ1) is 15.8. The molecule has 0 radical (unpaired) electrons. The van der Waals surface area contributed by atoms with Gasteiger partial charge < -0.3 is 9.47 Å². The Labute approximate surface area is 188 Å². The van der Waals surface area contributed by atoms with Crippen LogP contribution in [0.1, 0.15) is 22.8 Å². The molecular formula is C24H21F3N2O4. The molecule has 2 N–H and O–H groups in total. The minimum atomic E-state index is -4.45. The maximum absolute atomic E-state index is 12.8. The van der Waals surface area contributed by atoms with Crippen molar-refractivity contribution < 1.29 is 32.2 Å². The van der Waals surface area contributed by atoms with E-state index in [4.69, 9.17) is 9.47 Å². The minimum Gasteiger partial charge on any atom is -0.490 e. The van der Waals surface area contributed by atoms with Crippen molar-refractivity contribution in [3.8, 4) is 22.6 Å². The standard InChI is InChI=1S/C24H21F3N2O4/c1-2-32-20-9-5-6-10-21(20)33-15-22(30)28-29-23(31)19-8-4-3-7-18(19)16-11-13-17(14-12-16)24(25,26)27/h3-14H,2,15H2,1H3,(H,28,30)(H,29,31). The number of hydrogen-bond donors (Lipinski definition) is 2. The summed E-state index contributed by atoms with van der Waals surface area (Å²) in [5, 5.41) is 0. The van der Waals surface area contributed by atoms with Crippen LogP contribution in [0.15, 0.2) is 72.8 Å². The fraction of sp³-hybridized carbons (Fsp3) is 0.167. The van der Waals surface area contributed by atoms with E-state index in [1.54, 1.807) is 42.5 Å². The molecule has 0 saturated heterocycles. The van der Waals surface area contributed by atoms with Gasteiger partial charge in [0.05, 0.1) is 12.2 Å². The molecule has 9 heteroatoms. The average molecular weight is 458 g/mol. The normalized spacial score (nSPS) is 10.9. The second-order valence-corrected chi connectivity index (χ2v) is 6.79. The van der Waals surface area contributed by atoms with E-state index in [1.165, 1.54) is 18.2 Å². The van der Waals surface area contributed by atoms with Crippen molar-refractivity contribution in [2.24, 2.45) is 0 Å². The van der Waals surface area contributed by atoms with Gasteiger partial charge in [0.15, 0.2) is 18.1 Å². The molecule has 0 spiro atoms. The van der Waals surface area contributed by atoms with Crippen LogP contribution in [0.4, 0.5) is 13.2 Å². The highest BCUT2D eigenvalue weighted by atomic mass is 19.4. The molecular weight excluding hydrogens is 437 g/mol. The van der Waals surface area contributed by atoms with Crippen molar-refractivity contribution in [1.29, 1.82) is 0 Å². The monoisotopic (exact) mass is 458 g/mol. The molecule has 0 aromatic heterocycles. The van der Waals surface area contributed by atoms with Gasteiger partial charge in [0.25, 0.3) is 11.8 Å². The zero-order chi connectivity index (χ0) is 23.8. The summed E-state index contributed by atoms with van der Waals surface area (Å²) in [6.45, 7) is 1.88. The summed E-state index contributed by atoms with van der Waals surface area (Å²) in [5.74, 6) is -0.369. The number of hydrogen-bond acceptors (Lipinski definition) is 4. The number of nitrogens with one attached hydrogen (secondary N) is 2. The molecule has 3 aromatic rings. The zero-order valence-corrected chi connectivity index (χ0v) is 17.6. The Hall–Kier alpha value is -4.01. The minimum absolute atomic E-state index is 0.181. The first kappa shape index (κ1) is 23.6. The lowest BCUT2D eigenvalue weighted by Gasteiger charge is -2.13. The van der Waals surface area contributed by atoms with Crippen molar-refractivity contribution in [3.05, 3.63) is 83.9 Å². The molecule has 0 aliphatic carbocycles. The van der Waals surface area contributed by atoms with Crippen LogP contribution < -0.4 is 20.3 Å². The highest BCUT2D eigenvalue weighted by Crippen LogP contribution is 2.32. The number of carbonyl (C=O) groups excluding carboxylic acids is 2. The maximum atomic E-state index is 12.8. The van der Waals surface area contributed by atoms with Crippen LogP contribution in [0.25, 0.3) is 11.1 Å².